The smallest absolute Gasteiger partial charge is 0.0820 e. The molecule has 1 aromatic rings. The zero-order chi connectivity index (χ0) is 10.4. The molecule has 1 aromatic heterocycles. The minimum atomic E-state index is -0.153. The summed E-state index contributed by atoms with van der Waals surface area (Å²) in [5.41, 5.74) is 0.748. The van der Waals surface area contributed by atoms with Gasteiger partial charge in [0, 0.05) is 19.5 Å². The molecule has 1 rings (SSSR count). The van der Waals surface area contributed by atoms with Gasteiger partial charge in [-0.05, 0) is 6.07 Å². The Kier molecular flexibility index (Phi) is 4.65. The van der Waals surface area contributed by atoms with E-state index in [1.807, 2.05) is 0 Å². The third-order valence-electron chi connectivity index (χ3n) is 1.72. The molecular formula is C9H13ClN2O2. The van der Waals surface area contributed by atoms with E-state index in [9.17, 15) is 0 Å². The minimum Gasteiger partial charge on any atom is -0.394 e. The second-order valence-corrected chi connectivity index (χ2v) is 3.24. The van der Waals surface area contributed by atoms with E-state index in [1.54, 1.807) is 25.6 Å². The summed E-state index contributed by atoms with van der Waals surface area (Å²) in [6.45, 7) is 0.418. The van der Waals surface area contributed by atoms with Crippen molar-refractivity contribution < 1.29 is 9.84 Å². The van der Waals surface area contributed by atoms with Crippen LogP contribution in [0.5, 0.6) is 0 Å². The van der Waals surface area contributed by atoms with E-state index in [0.29, 0.717) is 11.6 Å². The number of hydrogen-bond donors (Lipinski definition) is 2. The van der Waals surface area contributed by atoms with Crippen molar-refractivity contribution in [2.45, 2.75) is 6.04 Å². The molecule has 0 amide bonds. The zero-order valence-corrected chi connectivity index (χ0v) is 8.66. The average molecular weight is 217 g/mol. The number of halogens is 1. The van der Waals surface area contributed by atoms with Crippen LogP contribution in [0.15, 0.2) is 18.5 Å². The van der Waals surface area contributed by atoms with Crippen molar-refractivity contribution >= 4 is 17.3 Å². The number of hydrogen-bond acceptors (Lipinski definition) is 4. The SMILES string of the molecule is COCC(CO)Nc1ccncc1Cl. The minimum absolute atomic E-state index is 0.00745. The zero-order valence-electron chi connectivity index (χ0n) is 7.90. The number of aromatic nitrogens is 1. The summed E-state index contributed by atoms with van der Waals surface area (Å²) < 4.78 is 4.93. The lowest BCUT2D eigenvalue weighted by Gasteiger charge is -2.16. The molecule has 1 unspecified atom stereocenters. The van der Waals surface area contributed by atoms with Crippen LogP contribution in [0, 0.1) is 0 Å². The Morgan fingerprint density at radius 3 is 3.07 bits per heavy atom. The van der Waals surface area contributed by atoms with Crippen LogP contribution in [0.4, 0.5) is 5.69 Å². The number of nitrogens with one attached hydrogen (secondary N) is 1. The highest BCUT2D eigenvalue weighted by Crippen LogP contribution is 2.19. The predicted octanol–water partition coefficient (Wildman–Crippen LogP) is 1.15. The number of aliphatic hydroxyl groups excluding tert-OH is 1. The van der Waals surface area contributed by atoms with Crippen molar-refractivity contribution in [2.75, 3.05) is 25.6 Å². The molecule has 0 fully saturated rings. The summed E-state index contributed by atoms with van der Waals surface area (Å²) in [5, 5.41) is 12.6. The van der Waals surface area contributed by atoms with Crippen LogP contribution >= 0.6 is 11.6 Å². The maximum atomic E-state index is 9.01. The van der Waals surface area contributed by atoms with Gasteiger partial charge in [0.05, 0.1) is 30.0 Å². The van der Waals surface area contributed by atoms with Crippen molar-refractivity contribution in [1.82, 2.24) is 4.98 Å². The summed E-state index contributed by atoms with van der Waals surface area (Å²) in [5.74, 6) is 0. The van der Waals surface area contributed by atoms with Crippen LogP contribution < -0.4 is 5.32 Å². The van der Waals surface area contributed by atoms with E-state index >= 15 is 0 Å². The monoisotopic (exact) mass is 216 g/mol. The Bertz CT molecular complexity index is 283. The maximum Gasteiger partial charge on any atom is 0.0820 e. The Morgan fingerprint density at radius 2 is 2.50 bits per heavy atom. The van der Waals surface area contributed by atoms with Gasteiger partial charge in [-0.3, -0.25) is 4.98 Å². The van der Waals surface area contributed by atoms with Gasteiger partial charge in [0.15, 0.2) is 0 Å². The molecule has 2 N–H and O–H groups in total. The summed E-state index contributed by atoms with van der Waals surface area (Å²) in [4.78, 5) is 3.86. The normalized spacial score (nSPS) is 12.5. The van der Waals surface area contributed by atoms with Crippen molar-refractivity contribution in [2.24, 2.45) is 0 Å². The Balaban J connectivity index is 2.62. The molecule has 0 spiro atoms. The molecule has 0 saturated heterocycles. The molecule has 0 bridgehead atoms. The van der Waals surface area contributed by atoms with E-state index in [2.05, 4.69) is 10.3 Å². The van der Waals surface area contributed by atoms with E-state index in [0.717, 1.165) is 5.69 Å². The van der Waals surface area contributed by atoms with Gasteiger partial charge >= 0.3 is 0 Å². The molecule has 0 aliphatic carbocycles. The van der Waals surface area contributed by atoms with Crippen LogP contribution in [0.3, 0.4) is 0 Å². The fraction of sp³-hybridized carbons (Fsp3) is 0.444. The number of rotatable bonds is 5. The quantitative estimate of drug-likeness (QED) is 0.776. The van der Waals surface area contributed by atoms with Gasteiger partial charge < -0.3 is 15.2 Å². The number of methoxy groups -OCH3 is 1. The fourth-order valence-corrected chi connectivity index (χ4v) is 1.23. The van der Waals surface area contributed by atoms with Crippen molar-refractivity contribution in [3.05, 3.63) is 23.5 Å². The first-order chi connectivity index (χ1) is 6.77. The molecule has 1 atom stereocenters. The van der Waals surface area contributed by atoms with Crippen LogP contribution in [-0.4, -0.2) is 36.5 Å². The number of nitrogens with zero attached hydrogens (tertiary/aromatic N) is 1. The molecule has 5 heteroatoms. The second kappa shape index (κ2) is 5.80. The highest BCUT2D eigenvalue weighted by molar-refractivity contribution is 6.33. The van der Waals surface area contributed by atoms with Crippen molar-refractivity contribution in [1.29, 1.82) is 0 Å². The predicted molar refractivity (Wildman–Crippen MR) is 55.6 cm³/mol. The standard InChI is InChI=1S/C9H13ClN2O2/c1-14-6-7(5-13)12-9-2-3-11-4-8(9)10/h2-4,7,13H,5-6H2,1H3,(H,11,12). The molecule has 1 heterocycles. The first kappa shape index (κ1) is 11.2. The summed E-state index contributed by atoms with van der Waals surface area (Å²) >= 11 is 5.88. The Hall–Kier alpha value is -0.840. The molecule has 4 nitrogen and oxygen atoms in total. The van der Waals surface area contributed by atoms with E-state index in [-0.39, 0.29) is 12.6 Å². The van der Waals surface area contributed by atoms with Gasteiger partial charge in [-0.15, -0.1) is 0 Å². The Labute approximate surface area is 87.9 Å². The number of aliphatic hydroxyl groups is 1. The largest absolute Gasteiger partial charge is 0.394 e. The summed E-state index contributed by atoms with van der Waals surface area (Å²) in [7, 11) is 1.58. The van der Waals surface area contributed by atoms with E-state index in [1.165, 1.54) is 0 Å². The van der Waals surface area contributed by atoms with E-state index < -0.39 is 0 Å². The lowest BCUT2D eigenvalue weighted by molar-refractivity contribution is 0.153. The molecule has 14 heavy (non-hydrogen) atoms. The van der Waals surface area contributed by atoms with Gasteiger partial charge in [-0.25, -0.2) is 0 Å². The van der Waals surface area contributed by atoms with Gasteiger partial charge in [0.1, 0.15) is 0 Å². The van der Waals surface area contributed by atoms with Gasteiger partial charge in [0.25, 0.3) is 0 Å². The number of ether oxygens (including phenoxy) is 1. The van der Waals surface area contributed by atoms with Crippen molar-refractivity contribution in [3.63, 3.8) is 0 Å². The molecule has 0 aliphatic rings. The number of anilines is 1. The lowest BCUT2D eigenvalue weighted by atomic mass is 10.3. The topological polar surface area (TPSA) is 54.4 Å². The van der Waals surface area contributed by atoms with Crippen LogP contribution in [0.25, 0.3) is 0 Å². The number of pyridine rings is 1. The third kappa shape index (κ3) is 3.14. The van der Waals surface area contributed by atoms with Crippen molar-refractivity contribution in [3.8, 4) is 0 Å². The van der Waals surface area contributed by atoms with Gasteiger partial charge in [-0.2, -0.15) is 0 Å². The highest BCUT2D eigenvalue weighted by atomic mass is 35.5. The lowest BCUT2D eigenvalue weighted by Crippen LogP contribution is -2.28. The summed E-state index contributed by atoms with van der Waals surface area (Å²) in [6, 6.07) is 1.60. The molecule has 0 saturated carbocycles. The molecule has 0 radical (unpaired) electrons. The van der Waals surface area contributed by atoms with E-state index in [4.69, 9.17) is 21.4 Å². The Morgan fingerprint density at radius 1 is 1.71 bits per heavy atom. The summed E-state index contributed by atoms with van der Waals surface area (Å²) in [6.07, 6.45) is 3.18. The van der Waals surface area contributed by atoms with Crippen LogP contribution in [0.2, 0.25) is 5.02 Å². The molecule has 0 aliphatic heterocycles. The van der Waals surface area contributed by atoms with Crippen LogP contribution in [-0.2, 0) is 4.74 Å². The first-order valence-corrected chi connectivity index (χ1v) is 4.61. The highest BCUT2D eigenvalue weighted by Gasteiger charge is 2.08. The average Bonchev–Trinajstić information content (AvgIpc) is 2.20. The van der Waals surface area contributed by atoms with Gasteiger partial charge in [-0.1, -0.05) is 11.6 Å². The van der Waals surface area contributed by atoms with Gasteiger partial charge in [0.2, 0.25) is 0 Å². The third-order valence-corrected chi connectivity index (χ3v) is 2.02. The molecular weight excluding hydrogens is 204 g/mol. The maximum absolute atomic E-state index is 9.01. The fourth-order valence-electron chi connectivity index (χ4n) is 1.05. The second-order valence-electron chi connectivity index (χ2n) is 2.83. The first-order valence-electron chi connectivity index (χ1n) is 4.23. The molecule has 78 valence electrons. The van der Waals surface area contributed by atoms with Crippen LogP contribution in [0.1, 0.15) is 0 Å². The molecule has 0 aromatic carbocycles.